The van der Waals surface area contributed by atoms with Gasteiger partial charge in [-0.3, -0.25) is 14.9 Å². The number of imide groups is 1. The highest BCUT2D eigenvalue weighted by Gasteiger charge is 2.39. The molecule has 1 rings (SSSR count). The normalized spacial score (nSPS) is 23.2. The van der Waals surface area contributed by atoms with E-state index in [1.54, 1.807) is 13.8 Å². The maximum atomic E-state index is 11.8. The molecule has 1 fully saturated rings. The second kappa shape index (κ2) is 4.92. The van der Waals surface area contributed by atoms with Crippen LogP contribution >= 0.6 is 0 Å². The van der Waals surface area contributed by atoms with E-state index in [1.807, 2.05) is 0 Å². The standard InChI is InChI=1S/C9H16N2O4S/c1-3-5-16(14,15)11-6-8(12)10-9(13)7(11)4-2/h7H,3-6H2,1-2H3,(H,10,12,13). The number of hydrogen-bond donors (Lipinski definition) is 1. The maximum absolute atomic E-state index is 11.8. The van der Waals surface area contributed by atoms with E-state index in [2.05, 4.69) is 5.32 Å². The van der Waals surface area contributed by atoms with Gasteiger partial charge < -0.3 is 0 Å². The van der Waals surface area contributed by atoms with E-state index in [0.717, 1.165) is 4.31 Å². The lowest BCUT2D eigenvalue weighted by atomic mass is 10.2. The second-order valence-electron chi connectivity index (χ2n) is 3.70. The van der Waals surface area contributed by atoms with Crippen LogP contribution < -0.4 is 5.32 Å². The highest BCUT2D eigenvalue weighted by molar-refractivity contribution is 7.89. The molecule has 1 aliphatic rings. The molecular weight excluding hydrogens is 232 g/mol. The minimum atomic E-state index is -3.51. The van der Waals surface area contributed by atoms with Gasteiger partial charge in [0.1, 0.15) is 6.04 Å². The summed E-state index contributed by atoms with van der Waals surface area (Å²) >= 11 is 0. The fourth-order valence-corrected chi connectivity index (χ4v) is 3.40. The Balaban J connectivity index is 2.99. The van der Waals surface area contributed by atoms with Gasteiger partial charge in [-0.25, -0.2) is 8.42 Å². The first-order valence-electron chi connectivity index (χ1n) is 5.25. The van der Waals surface area contributed by atoms with Crippen molar-refractivity contribution in [1.29, 1.82) is 0 Å². The summed E-state index contributed by atoms with van der Waals surface area (Å²) in [6.45, 7) is 3.20. The summed E-state index contributed by atoms with van der Waals surface area (Å²) in [5, 5.41) is 2.14. The average Bonchev–Trinajstić information content (AvgIpc) is 2.16. The number of nitrogens with zero attached hydrogens (tertiary/aromatic N) is 1. The molecule has 2 amide bonds. The summed E-state index contributed by atoms with van der Waals surface area (Å²) in [6.07, 6.45) is 0.827. The number of carbonyl (C=O) groups excluding carboxylic acids is 2. The van der Waals surface area contributed by atoms with Crippen LogP contribution in [-0.4, -0.2) is 42.9 Å². The van der Waals surface area contributed by atoms with E-state index >= 15 is 0 Å². The zero-order valence-corrected chi connectivity index (χ0v) is 10.2. The first kappa shape index (κ1) is 13.1. The van der Waals surface area contributed by atoms with Crippen molar-refractivity contribution in [3.8, 4) is 0 Å². The average molecular weight is 248 g/mol. The number of rotatable bonds is 4. The molecule has 0 radical (unpaired) electrons. The number of hydrogen-bond acceptors (Lipinski definition) is 4. The Kier molecular flexibility index (Phi) is 4.03. The van der Waals surface area contributed by atoms with E-state index in [1.165, 1.54) is 0 Å². The SMILES string of the molecule is CCCS(=O)(=O)N1CC(=O)NC(=O)C1CC. The molecule has 0 spiro atoms. The van der Waals surface area contributed by atoms with Gasteiger partial charge in [-0.05, 0) is 12.8 Å². The van der Waals surface area contributed by atoms with Crippen LogP contribution in [0, 0.1) is 0 Å². The molecule has 0 aliphatic carbocycles. The fourth-order valence-electron chi connectivity index (χ4n) is 1.70. The smallest absolute Gasteiger partial charge is 0.245 e. The first-order valence-corrected chi connectivity index (χ1v) is 6.86. The largest absolute Gasteiger partial charge is 0.294 e. The van der Waals surface area contributed by atoms with Crippen molar-refractivity contribution in [3.63, 3.8) is 0 Å². The molecule has 1 unspecified atom stereocenters. The molecule has 6 nitrogen and oxygen atoms in total. The van der Waals surface area contributed by atoms with Crippen molar-refractivity contribution < 1.29 is 18.0 Å². The molecule has 7 heteroatoms. The Morgan fingerprint density at radius 2 is 2.00 bits per heavy atom. The topological polar surface area (TPSA) is 83.6 Å². The molecule has 0 aromatic rings. The zero-order valence-electron chi connectivity index (χ0n) is 9.39. The third-order valence-corrected chi connectivity index (χ3v) is 4.44. The summed E-state index contributed by atoms with van der Waals surface area (Å²) in [5.41, 5.74) is 0. The van der Waals surface area contributed by atoms with Crippen LogP contribution in [0.1, 0.15) is 26.7 Å². The van der Waals surface area contributed by atoms with Crippen LogP contribution in [0.5, 0.6) is 0 Å². The number of sulfonamides is 1. The highest BCUT2D eigenvalue weighted by atomic mass is 32.2. The molecule has 92 valence electrons. The number of amides is 2. The monoisotopic (exact) mass is 248 g/mol. The Hall–Kier alpha value is -0.950. The van der Waals surface area contributed by atoms with E-state index in [0.29, 0.717) is 12.8 Å². The van der Waals surface area contributed by atoms with Gasteiger partial charge in [-0.2, -0.15) is 4.31 Å². The van der Waals surface area contributed by atoms with Gasteiger partial charge in [0, 0.05) is 0 Å². The Morgan fingerprint density at radius 1 is 1.38 bits per heavy atom. The van der Waals surface area contributed by atoms with E-state index in [4.69, 9.17) is 0 Å². The molecule has 0 aromatic heterocycles. The second-order valence-corrected chi connectivity index (χ2v) is 5.74. The lowest BCUT2D eigenvalue weighted by Gasteiger charge is -2.32. The fraction of sp³-hybridized carbons (Fsp3) is 0.778. The van der Waals surface area contributed by atoms with Crippen LogP contribution in [0.25, 0.3) is 0 Å². The van der Waals surface area contributed by atoms with Crippen molar-refractivity contribution in [1.82, 2.24) is 9.62 Å². The molecule has 1 aliphatic heterocycles. The molecular formula is C9H16N2O4S. The first-order chi connectivity index (χ1) is 7.42. The van der Waals surface area contributed by atoms with Crippen molar-refractivity contribution in [2.45, 2.75) is 32.7 Å². The molecule has 1 atom stereocenters. The third kappa shape index (κ3) is 2.59. The number of carbonyl (C=O) groups is 2. The zero-order chi connectivity index (χ0) is 12.3. The molecule has 1 heterocycles. The van der Waals surface area contributed by atoms with Gasteiger partial charge in [-0.15, -0.1) is 0 Å². The van der Waals surface area contributed by atoms with Crippen LogP contribution in [-0.2, 0) is 19.6 Å². The molecule has 1 saturated heterocycles. The summed E-state index contributed by atoms with van der Waals surface area (Å²) in [6, 6.07) is -0.755. The van der Waals surface area contributed by atoms with Crippen molar-refractivity contribution in [2.24, 2.45) is 0 Å². The van der Waals surface area contributed by atoms with E-state index in [-0.39, 0.29) is 12.3 Å². The predicted octanol–water partition coefficient (Wildman–Crippen LogP) is -0.537. The van der Waals surface area contributed by atoms with Gasteiger partial charge in [0.2, 0.25) is 21.8 Å². The van der Waals surface area contributed by atoms with Crippen molar-refractivity contribution in [3.05, 3.63) is 0 Å². The van der Waals surface area contributed by atoms with Gasteiger partial charge in [0.05, 0.1) is 12.3 Å². The van der Waals surface area contributed by atoms with Gasteiger partial charge in [-0.1, -0.05) is 13.8 Å². The summed E-state index contributed by atoms with van der Waals surface area (Å²) < 4.78 is 24.7. The van der Waals surface area contributed by atoms with Crippen molar-refractivity contribution >= 4 is 21.8 Å². The van der Waals surface area contributed by atoms with Crippen LogP contribution in [0.4, 0.5) is 0 Å². The number of piperazine rings is 1. The highest BCUT2D eigenvalue weighted by Crippen LogP contribution is 2.15. The molecule has 1 N–H and O–H groups in total. The Morgan fingerprint density at radius 3 is 2.50 bits per heavy atom. The lowest BCUT2D eigenvalue weighted by molar-refractivity contribution is -0.137. The number of nitrogens with one attached hydrogen (secondary N) is 1. The lowest BCUT2D eigenvalue weighted by Crippen LogP contribution is -2.59. The minimum absolute atomic E-state index is 0.0376. The van der Waals surface area contributed by atoms with Gasteiger partial charge >= 0.3 is 0 Å². The van der Waals surface area contributed by atoms with E-state index < -0.39 is 27.9 Å². The summed E-state index contributed by atoms with van der Waals surface area (Å²) in [7, 11) is -3.51. The van der Waals surface area contributed by atoms with Gasteiger partial charge in [0.15, 0.2) is 0 Å². The summed E-state index contributed by atoms with van der Waals surface area (Å²) in [4.78, 5) is 22.6. The molecule has 0 aromatic carbocycles. The molecule has 16 heavy (non-hydrogen) atoms. The van der Waals surface area contributed by atoms with Crippen LogP contribution in [0.2, 0.25) is 0 Å². The molecule has 0 bridgehead atoms. The quantitative estimate of drug-likeness (QED) is 0.677. The third-order valence-electron chi connectivity index (χ3n) is 2.42. The van der Waals surface area contributed by atoms with Crippen LogP contribution in [0.15, 0.2) is 0 Å². The Bertz CT molecular complexity index is 390. The maximum Gasteiger partial charge on any atom is 0.245 e. The Labute approximate surface area is 95.0 Å². The van der Waals surface area contributed by atoms with Crippen LogP contribution in [0.3, 0.4) is 0 Å². The predicted molar refractivity (Wildman–Crippen MR) is 58.0 cm³/mol. The minimum Gasteiger partial charge on any atom is -0.294 e. The van der Waals surface area contributed by atoms with E-state index in [9.17, 15) is 18.0 Å². The molecule has 0 saturated carbocycles. The summed E-state index contributed by atoms with van der Waals surface area (Å²) in [5.74, 6) is -1.13. The van der Waals surface area contributed by atoms with Crippen molar-refractivity contribution in [2.75, 3.05) is 12.3 Å². The van der Waals surface area contributed by atoms with Gasteiger partial charge in [0.25, 0.3) is 0 Å².